The third-order valence-corrected chi connectivity index (χ3v) is 7.58. The van der Waals surface area contributed by atoms with Gasteiger partial charge in [-0.1, -0.05) is 60.7 Å². The molecule has 0 fully saturated rings. The van der Waals surface area contributed by atoms with Crippen molar-refractivity contribution in [3.63, 3.8) is 0 Å². The fourth-order valence-electron chi connectivity index (χ4n) is 5.31. The molecule has 206 valence electrons. The van der Waals surface area contributed by atoms with E-state index in [-0.39, 0.29) is 11.8 Å². The molecule has 7 heteroatoms. The van der Waals surface area contributed by atoms with Gasteiger partial charge in [0.2, 0.25) is 5.91 Å². The zero-order valence-corrected chi connectivity index (χ0v) is 23.4. The standard InChI is InChI=1S/C33H37N5O2/c1-25(2)36-19-10-20-38(32(39)18-17-26-11-4-3-5-12-26)31-16-9-6-13-27(31)24-37(22-21-36)33(40)30-23-34-28-14-7-8-15-29(28)35-30/h3-9,11-16,23,25H,10,17-22,24H2,1-2H3. The first-order valence-electron chi connectivity index (χ1n) is 14.2. The van der Waals surface area contributed by atoms with Crippen LogP contribution in [-0.4, -0.2) is 63.8 Å². The molecule has 0 saturated carbocycles. The molecular formula is C33H37N5O2. The Morgan fingerprint density at radius 3 is 2.35 bits per heavy atom. The summed E-state index contributed by atoms with van der Waals surface area (Å²) in [6, 6.07) is 26.0. The SMILES string of the molecule is CC(C)N1CCCN(C(=O)CCc2ccccc2)c2ccccc2CN(C(=O)c2cnc3ccccc3n2)CC1. The number of nitrogens with zero attached hydrogens (tertiary/aromatic N) is 5. The van der Waals surface area contributed by atoms with Crippen LogP contribution >= 0.6 is 0 Å². The Bertz CT molecular complexity index is 1460. The third-order valence-electron chi connectivity index (χ3n) is 7.58. The zero-order chi connectivity index (χ0) is 27.9. The molecule has 2 heterocycles. The van der Waals surface area contributed by atoms with E-state index in [4.69, 9.17) is 0 Å². The number of rotatable bonds is 5. The van der Waals surface area contributed by atoms with Crippen molar-refractivity contribution in [2.75, 3.05) is 31.1 Å². The number of hydrogen-bond acceptors (Lipinski definition) is 5. The maximum Gasteiger partial charge on any atom is 0.274 e. The maximum absolute atomic E-state index is 13.9. The summed E-state index contributed by atoms with van der Waals surface area (Å²) in [4.78, 5) is 42.8. The molecule has 4 aromatic rings. The highest BCUT2D eigenvalue weighted by Crippen LogP contribution is 2.25. The molecule has 0 atom stereocenters. The second-order valence-electron chi connectivity index (χ2n) is 10.6. The van der Waals surface area contributed by atoms with Crippen molar-refractivity contribution in [2.24, 2.45) is 0 Å². The number of amides is 2. The van der Waals surface area contributed by atoms with Crippen molar-refractivity contribution in [3.05, 3.63) is 102 Å². The number of carbonyl (C=O) groups is 2. The van der Waals surface area contributed by atoms with Gasteiger partial charge in [-0.3, -0.25) is 19.5 Å². The van der Waals surface area contributed by atoms with Crippen LogP contribution in [0.5, 0.6) is 0 Å². The average Bonchev–Trinajstić information content (AvgIpc) is 3.02. The number of benzene rings is 3. The van der Waals surface area contributed by atoms with Crippen molar-refractivity contribution < 1.29 is 9.59 Å². The van der Waals surface area contributed by atoms with Gasteiger partial charge < -0.3 is 9.80 Å². The highest BCUT2D eigenvalue weighted by Gasteiger charge is 2.25. The molecule has 0 spiro atoms. The highest BCUT2D eigenvalue weighted by molar-refractivity contribution is 5.95. The first-order chi connectivity index (χ1) is 19.5. The van der Waals surface area contributed by atoms with E-state index in [1.54, 1.807) is 6.20 Å². The van der Waals surface area contributed by atoms with E-state index < -0.39 is 0 Å². The molecule has 1 aliphatic heterocycles. The van der Waals surface area contributed by atoms with Crippen LogP contribution in [0.1, 0.15) is 48.3 Å². The van der Waals surface area contributed by atoms with Gasteiger partial charge in [-0.15, -0.1) is 0 Å². The smallest absolute Gasteiger partial charge is 0.274 e. The van der Waals surface area contributed by atoms with E-state index in [0.717, 1.165) is 41.8 Å². The van der Waals surface area contributed by atoms with Crippen LogP contribution in [0.3, 0.4) is 0 Å². The van der Waals surface area contributed by atoms with E-state index in [2.05, 4.69) is 40.8 Å². The Morgan fingerprint density at radius 1 is 0.825 bits per heavy atom. The molecule has 0 radical (unpaired) electrons. The van der Waals surface area contributed by atoms with Crippen molar-refractivity contribution in [3.8, 4) is 0 Å². The van der Waals surface area contributed by atoms with E-state index in [1.165, 1.54) is 0 Å². The summed E-state index contributed by atoms with van der Waals surface area (Å²) in [7, 11) is 0. The molecule has 1 aliphatic rings. The molecule has 0 aliphatic carbocycles. The minimum atomic E-state index is -0.155. The average molecular weight is 536 g/mol. The number of para-hydroxylation sites is 3. The molecule has 0 N–H and O–H groups in total. The Balaban J connectivity index is 1.45. The Morgan fingerprint density at radius 2 is 1.55 bits per heavy atom. The quantitative estimate of drug-likeness (QED) is 0.345. The second kappa shape index (κ2) is 12.8. The maximum atomic E-state index is 13.9. The van der Waals surface area contributed by atoms with Crippen molar-refractivity contribution >= 4 is 28.5 Å². The van der Waals surface area contributed by atoms with Gasteiger partial charge in [-0.2, -0.15) is 0 Å². The predicted octanol–water partition coefficient (Wildman–Crippen LogP) is 5.35. The predicted molar refractivity (Wildman–Crippen MR) is 159 cm³/mol. The lowest BCUT2D eigenvalue weighted by Crippen LogP contribution is -2.41. The number of aryl methyl sites for hydroxylation is 1. The summed E-state index contributed by atoms with van der Waals surface area (Å²) < 4.78 is 0. The van der Waals surface area contributed by atoms with E-state index >= 15 is 0 Å². The van der Waals surface area contributed by atoms with Crippen LogP contribution in [0.15, 0.2) is 85.1 Å². The molecule has 40 heavy (non-hydrogen) atoms. The fourth-order valence-corrected chi connectivity index (χ4v) is 5.31. The highest BCUT2D eigenvalue weighted by atomic mass is 16.2. The zero-order valence-electron chi connectivity index (χ0n) is 23.4. The number of anilines is 1. The number of hydrogen-bond donors (Lipinski definition) is 0. The first-order valence-corrected chi connectivity index (χ1v) is 14.2. The Hall–Kier alpha value is -4.10. The van der Waals surface area contributed by atoms with Gasteiger partial charge in [0.25, 0.3) is 5.91 Å². The minimum Gasteiger partial charge on any atom is -0.332 e. The monoisotopic (exact) mass is 535 g/mol. The largest absolute Gasteiger partial charge is 0.332 e. The summed E-state index contributed by atoms with van der Waals surface area (Å²) in [6.45, 7) is 7.53. The Kier molecular flexibility index (Phi) is 8.81. The minimum absolute atomic E-state index is 0.102. The van der Waals surface area contributed by atoms with E-state index in [1.807, 2.05) is 76.5 Å². The fraction of sp³-hybridized carbons (Fsp3) is 0.333. The van der Waals surface area contributed by atoms with Crippen molar-refractivity contribution in [2.45, 2.75) is 45.7 Å². The van der Waals surface area contributed by atoms with E-state index in [0.29, 0.717) is 49.7 Å². The second-order valence-corrected chi connectivity index (χ2v) is 10.6. The summed E-state index contributed by atoms with van der Waals surface area (Å²) >= 11 is 0. The van der Waals surface area contributed by atoms with Crippen LogP contribution in [0.25, 0.3) is 11.0 Å². The summed E-state index contributed by atoms with van der Waals surface area (Å²) in [5, 5.41) is 0. The lowest BCUT2D eigenvalue weighted by Gasteiger charge is -2.30. The van der Waals surface area contributed by atoms with E-state index in [9.17, 15) is 9.59 Å². The summed E-state index contributed by atoms with van der Waals surface area (Å²) in [5.74, 6) is -0.0529. The van der Waals surface area contributed by atoms with Crippen LogP contribution in [0.2, 0.25) is 0 Å². The van der Waals surface area contributed by atoms with Gasteiger partial charge in [0, 0.05) is 50.9 Å². The Labute approximate surface area is 236 Å². The number of aromatic nitrogens is 2. The first kappa shape index (κ1) is 27.5. The number of fused-ring (bicyclic) bond motifs is 2. The van der Waals surface area contributed by atoms with Gasteiger partial charge in [0.05, 0.1) is 17.2 Å². The molecule has 0 bridgehead atoms. The molecule has 0 unspecified atom stereocenters. The molecule has 0 saturated heterocycles. The number of carbonyl (C=O) groups excluding carboxylic acids is 2. The van der Waals surface area contributed by atoms with Gasteiger partial charge in [0.1, 0.15) is 5.69 Å². The molecule has 3 aromatic carbocycles. The normalized spacial score (nSPS) is 15.1. The lowest BCUT2D eigenvalue weighted by atomic mass is 10.1. The van der Waals surface area contributed by atoms with Gasteiger partial charge in [-0.05, 0) is 56.0 Å². The topological polar surface area (TPSA) is 69.6 Å². The van der Waals surface area contributed by atoms with Gasteiger partial charge >= 0.3 is 0 Å². The van der Waals surface area contributed by atoms with Crippen LogP contribution in [-0.2, 0) is 17.8 Å². The molecule has 5 rings (SSSR count). The molecule has 1 aromatic heterocycles. The van der Waals surface area contributed by atoms with Gasteiger partial charge in [-0.25, -0.2) is 4.98 Å². The summed E-state index contributed by atoms with van der Waals surface area (Å²) in [6.07, 6.45) is 3.55. The van der Waals surface area contributed by atoms with Crippen LogP contribution < -0.4 is 4.90 Å². The van der Waals surface area contributed by atoms with Crippen molar-refractivity contribution in [1.82, 2.24) is 19.8 Å². The molecule has 7 nitrogen and oxygen atoms in total. The lowest BCUT2D eigenvalue weighted by molar-refractivity contribution is -0.118. The third kappa shape index (κ3) is 6.54. The molecular weight excluding hydrogens is 498 g/mol. The van der Waals surface area contributed by atoms with Crippen molar-refractivity contribution in [1.29, 1.82) is 0 Å². The van der Waals surface area contributed by atoms with Gasteiger partial charge in [0.15, 0.2) is 0 Å². The van der Waals surface area contributed by atoms with Crippen LogP contribution in [0, 0.1) is 0 Å². The summed E-state index contributed by atoms with van der Waals surface area (Å²) in [5.41, 5.74) is 4.78. The molecule has 2 amide bonds. The van der Waals surface area contributed by atoms with Crippen LogP contribution in [0.4, 0.5) is 5.69 Å².